The van der Waals surface area contributed by atoms with E-state index in [9.17, 15) is 4.57 Å². The maximum absolute atomic E-state index is 12.2. The number of aromatic nitrogens is 3. The number of hydrogen-bond donors (Lipinski definition) is 0. The van der Waals surface area contributed by atoms with Gasteiger partial charge in [-0.25, -0.2) is 15.0 Å². The molecule has 3 rings (SSSR count). The second-order valence-corrected chi connectivity index (χ2v) is 8.17. The van der Waals surface area contributed by atoms with Crippen molar-refractivity contribution in [1.29, 1.82) is 0 Å². The molecule has 144 valence electrons. The molecule has 0 saturated heterocycles. The van der Waals surface area contributed by atoms with Crippen LogP contribution in [0.4, 0.5) is 0 Å². The molecule has 1 unspecified atom stereocenters. The highest BCUT2D eigenvalue weighted by atomic mass is 31.1. The molecule has 4 nitrogen and oxygen atoms in total. The first-order valence-corrected chi connectivity index (χ1v) is 10.9. The standard InChI is InChI=1S/C23H26N3OP/c1-4-10-17-13-15-19(16-14-17)21-24-20(18-11-8-7-9-12-18)25-22(26-21)23(5-2,6-3)28-27/h7-9,11-16H,4-6,10H2,1-3H3/p+1. The maximum Gasteiger partial charge on any atom is 0.339 e. The van der Waals surface area contributed by atoms with Crippen molar-refractivity contribution in [2.45, 2.75) is 51.6 Å². The molecule has 0 saturated carbocycles. The highest BCUT2D eigenvalue weighted by molar-refractivity contribution is 7.25. The van der Waals surface area contributed by atoms with Crippen molar-refractivity contribution in [3.63, 3.8) is 0 Å². The molecule has 0 aliphatic heterocycles. The van der Waals surface area contributed by atoms with Crippen LogP contribution >= 0.6 is 8.46 Å². The SMILES string of the molecule is CCCc1ccc(-c2nc(-c3ccccc3)nc(C(CC)(CC)[PH+]=O)n2)cc1. The quantitative estimate of drug-likeness (QED) is 0.428. The summed E-state index contributed by atoms with van der Waals surface area (Å²) in [5.41, 5.74) is 3.20. The van der Waals surface area contributed by atoms with Gasteiger partial charge in [-0.3, -0.25) is 0 Å². The summed E-state index contributed by atoms with van der Waals surface area (Å²) < 4.78 is 12.2. The summed E-state index contributed by atoms with van der Waals surface area (Å²) in [5, 5.41) is -0.538. The van der Waals surface area contributed by atoms with Crippen LogP contribution in [0.25, 0.3) is 22.8 Å². The van der Waals surface area contributed by atoms with Gasteiger partial charge in [-0.15, -0.1) is 0 Å². The largest absolute Gasteiger partial charge is 0.339 e. The summed E-state index contributed by atoms with van der Waals surface area (Å²) in [6.07, 6.45) is 3.62. The minimum Gasteiger partial charge on any atom is -0.208 e. The monoisotopic (exact) mass is 392 g/mol. The summed E-state index contributed by atoms with van der Waals surface area (Å²) in [4.78, 5) is 14.3. The zero-order valence-electron chi connectivity index (χ0n) is 16.8. The number of hydrogen-bond acceptors (Lipinski definition) is 4. The van der Waals surface area contributed by atoms with Gasteiger partial charge in [-0.1, -0.05) is 86.4 Å². The van der Waals surface area contributed by atoms with Crippen LogP contribution in [0.2, 0.25) is 0 Å². The number of nitrogens with zero attached hydrogens (tertiary/aromatic N) is 3. The Morgan fingerprint density at radius 1 is 0.786 bits per heavy atom. The molecular weight excluding hydrogens is 365 g/mol. The Morgan fingerprint density at radius 3 is 1.86 bits per heavy atom. The van der Waals surface area contributed by atoms with Gasteiger partial charge in [0.15, 0.2) is 17.5 Å². The van der Waals surface area contributed by atoms with E-state index in [4.69, 9.17) is 15.0 Å². The molecule has 0 spiro atoms. The Labute approximate surface area is 168 Å². The van der Waals surface area contributed by atoms with Gasteiger partial charge in [0.25, 0.3) is 0 Å². The molecule has 0 fully saturated rings. The van der Waals surface area contributed by atoms with E-state index in [1.54, 1.807) is 0 Å². The predicted octanol–water partition coefficient (Wildman–Crippen LogP) is 6.20. The van der Waals surface area contributed by atoms with Gasteiger partial charge in [0.05, 0.1) is 0 Å². The van der Waals surface area contributed by atoms with Crippen LogP contribution in [0.5, 0.6) is 0 Å². The van der Waals surface area contributed by atoms with Gasteiger partial charge in [0, 0.05) is 24.0 Å². The average molecular weight is 392 g/mol. The van der Waals surface area contributed by atoms with Gasteiger partial charge >= 0.3 is 8.46 Å². The third kappa shape index (κ3) is 4.18. The maximum atomic E-state index is 12.2. The summed E-state index contributed by atoms with van der Waals surface area (Å²) in [5.74, 6) is 1.88. The highest BCUT2D eigenvalue weighted by Gasteiger charge is 2.41. The van der Waals surface area contributed by atoms with E-state index in [0.717, 1.165) is 36.8 Å². The molecule has 5 heteroatoms. The molecule has 1 atom stereocenters. The summed E-state index contributed by atoms with van der Waals surface area (Å²) >= 11 is 0. The highest BCUT2D eigenvalue weighted by Crippen LogP contribution is 2.40. The molecule has 1 aromatic heterocycles. The van der Waals surface area contributed by atoms with Crippen molar-refractivity contribution in [3.05, 3.63) is 66.0 Å². The van der Waals surface area contributed by atoms with E-state index in [1.165, 1.54) is 5.56 Å². The summed E-state index contributed by atoms with van der Waals surface area (Å²) in [6, 6.07) is 18.3. The normalized spacial score (nSPS) is 11.7. The first kappa shape index (κ1) is 20.3. The Hall–Kier alpha value is -2.45. The fourth-order valence-electron chi connectivity index (χ4n) is 3.30. The van der Waals surface area contributed by atoms with Crippen molar-refractivity contribution >= 4 is 8.46 Å². The molecule has 0 radical (unpaired) electrons. The Balaban J connectivity index is 2.16. The van der Waals surface area contributed by atoms with Gasteiger partial charge in [0.1, 0.15) is 0 Å². The Morgan fingerprint density at radius 2 is 1.36 bits per heavy atom. The van der Waals surface area contributed by atoms with Gasteiger partial charge in [-0.05, 0) is 12.0 Å². The molecule has 28 heavy (non-hydrogen) atoms. The molecule has 1 heterocycles. The topological polar surface area (TPSA) is 55.7 Å². The molecule has 2 aromatic carbocycles. The lowest BCUT2D eigenvalue weighted by Gasteiger charge is -2.17. The van der Waals surface area contributed by atoms with Crippen molar-refractivity contribution in [2.24, 2.45) is 0 Å². The summed E-state index contributed by atoms with van der Waals surface area (Å²) in [7, 11) is -0.500. The molecule has 3 aromatic rings. The van der Waals surface area contributed by atoms with Crippen LogP contribution in [-0.4, -0.2) is 15.0 Å². The van der Waals surface area contributed by atoms with Crippen molar-refractivity contribution in [2.75, 3.05) is 0 Å². The van der Waals surface area contributed by atoms with Crippen LogP contribution in [0.1, 0.15) is 51.4 Å². The van der Waals surface area contributed by atoms with Crippen LogP contribution in [-0.2, 0) is 16.1 Å². The minimum atomic E-state index is -0.538. The fourth-order valence-corrected chi connectivity index (χ4v) is 3.79. The second-order valence-electron chi connectivity index (χ2n) is 7.01. The van der Waals surface area contributed by atoms with Gasteiger partial charge in [0.2, 0.25) is 5.16 Å². The van der Waals surface area contributed by atoms with Crippen molar-refractivity contribution in [3.8, 4) is 22.8 Å². The lowest BCUT2D eigenvalue weighted by molar-refractivity contribution is 0.499. The molecule has 0 amide bonds. The molecule has 0 N–H and O–H groups in total. The van der Waals surface area contributed by atoms with E-state index >= 15 is 0 Å². The predicted molar refractivity (Wildman–Crippen MR) is 116 cm³/mol. The summed E-state index contributed by atoms with van der Waals surface area (Å²) in [6.45, 7) is 6.26. The van der Waals surface area contributed by atoms with Crippen LogP contribution in [0.3, 0.4) is 0 Å². The van der Waals surface area contributed by atoms with E-state index in [2.05, 4.69) is 31.2 Å². The van der Waals surface area contributed by atoms with Gasteiger partial charge < -0.3 is 0 Å². The Bertz CT molecular complexity index is 922. The average Bonchev–Trinajstić information content (AvgIpc) is 2.77. The third-order valence-electron chi connectivity index (χ3n) is 5.25. The molecule has 0 bridgehead atoms. The fraction of sp³-hybridized carbons (Fsp3) is 0.348. The Kier molecular flexibility index (Phi) is 6.64. The molecular formula is C23H27N3OP+. The van der Waals surface area contributed by atoms with Crippen molar-refractivity contribution < 1.29 is 4.57 Å². The molecule has 0 aliphatic carbocycles. The van der Waals surface area contributed by atoms with E-state index in [0.29, 0.717) is 17.5 Å². The second kappa shape index (κ2) is 9.16. The van der Waals surface area contributed by atoms with Crippen LogP contribution in [0.15, 0.2) is 54.6 Å². The van der Waals surface area contributed by atoms with Crippen molar-refractivity contribution in [1.82, 2.24) is 15.0 Å². The third-order valence-corrected chi connectivity index (χ3v) is 6.57. The van der Waals surface area contributed by atoms with E-state index < -0.39 is 13.6 Å². The lowest BCUT2D eigenvalue weighted by Crippen LogP contribution is -2.21. The lowest BCUT2D eigenvalue weighted by atomic mass is 10.0. The van der Waals surface area contributed by atoms with E-state index in [-0.39, 0.29) is 0 Å². The number of benzene rings is 2. The molecule has 0 aliphatic rings. The number of aryl methyl sites for hydroxylation is 1. The first-order valence-electron chi connectivity index (χ1n) is 9.96. The zero-order valence-corrected chi connectivity index (χ0v) is 17.8. The minimum absolute atomic E-state index is 0.500. The van der Waals surface area contributed by atoms with Crippen LogP contribution < -0.4 is 0 Å². The van der Waals surface area contributed by atoms with Gasteiger partial charge in [-0.2, -0.15) is 0 Å². The first-order chi connectivity index (χ1) is 13.7. The zero-order chi connectivity index (χ0) is 20.0. The number of rotatable bonds is 8. The van der Waals surface area contributed by atoms with Crippen LogP contribution in [0, 0.1) is 0 Å². The van der Waals surface area contributed by atoms with E-state index in [1.807, 2.05) is 44.2 Å². The smallest absolute Gasteiger partial charge is 0.208 e.